The van der Waals surface area contributed by atoms with Gasteiger partial charge in [0.15, 0.2) is 0 Å². The highest BCUT2D eigenvalue weighted by molar-refractivity contribution is 6.20. The van der Waals surface area contributed by atoms with Crippen molar-refractivity contribution in [2.24, 2.45) is 5.92 Å². The monoisotopic (exact) mass is 240 g/mol. The average Bonchev–Trinajstić information content (AvgIpc) is 2.28. The molecule has 0 heterocycles. The summed E-state index contributed by atoms with van der Waals surface area (Å²) in [5.41, 5.74) is 1.33. The quantitative estimate of drug-likeness (QED) is 0.675. The van der Waals surface area contributed by atoms with Crippen molar-refractivity contribution < 1.29 is 4.74 Å². The summed E-state index contributed by atoms with van der Waals surface area (Å²) >= 11 is 6.22. The molecule has 1 nitrogen and oxygen atoms in total. The Balaban J connectivity index is 2.43. The lowest BCUT2D eigenvalue weighted by molar-refractivity contribution is 0.340. The standard InChI is InChI=1S/C14H21ClO/c1-4-16-13-8-5-12(6-9-13)7-10-14(15)11(2)3/h5-6,8-9,11,14H,4,7,10H2,1-3H3. The highest BCUT2D eigenvalue weighted by Crippen LogP contribution is 2.18. The third kappa shape index (κ3) is 4.44. The summed E-state index contributed by atoms with van der Waals surface area (Å²) in [6.45, 7) is 7.04. The first-order valence-electron chi connectivity index (χ1n) is 5.99. The first kappa shape index (κ1) is 13.4. The lowest BCUT2D eigenvalue weighted by Gasteiger charge is -2.13. The van der Waals surface area contributed by atoms with Crippen LogP contribution >= 0.6 is 11.6 Å². The van der Waals surface area contributed by atoms with Gasteiger partial charge in [-0.25, -0.2) is 0 Å². The molecule has 1 rings (SSSR count). The molecule has 0 saturated carbocycles. The van der Waals surface area contributed by atoms with Crippen molar-refractivity contribution in [2.45, 2.75) is 39.0 Å². The zero-order valence-corrected chi connectivity index (χ0v) is 11.1. The first-order chi connectivity index (χ1) is 7.63. The van der Waals surface area contributed by atoms with Crippen LogP contribution in [0, 0.1) is 5.92 Å². The first-order valence-corrected chi connectivity index (χ1v) is 6.43. The molecule has 0 aliphatic rings. The Bertz CT molecular complexity index is 292. The van der Waals surface area contributed by atoms with Crippen LogP contribution in [-0.4, -0.2) is 12.0 Å². The second-order valence-corrected chi connectivity index (χ2v) is 4.94. The predicted octanol–water partition coefficient (Wildman–Crippen LogP) is 4.28. The van der Waals surface area contributed by atoms with E-state index in [0.717, 1.165) is 25.2 Å². The third-order valence-corrected chi connectivity index (χ3v) is 3.39. The molecule has 0 bridgehead atoms. The number of halogens is 1. The lowest BCUT2D eigenvalue weighted by Crippen LogP contribution is -2.08. The van der Waals surface area contributed by atoms with Crippen LogP contribution in [0.3, 0.4) is 0 Å². The fourth-order valence-corrected chi connectivity index (χ4v) is 1.67. The van der Waals surface area contributed by atoms with Crippen molar-refractivity contribution in [3.05, 3.63) is 29.8 Å². The van der Waals surface area contributed by atoms with Crippen LogP contribution in [0.2, 0.25) is 0 Å². The molecule has 1 aromatic rings. The summed E-state index contributed by atoms with van der Waals surface area (Å²) in [5.74, 6) is 1.49. The van der Waals surface area contributed by atoms with E-state index in [-0.39, 0.29) is 5.38 Å². The molecule has 0 aliphatic carbocycles. The van der Waals surface area contributed by atoms with Gasteiger partial charge < -0.3 is 4.74 Å². The van der Waals surface area contributed by atoms with E-state index in [1.807, 2.05) is 19.1 Å². The molecule has 1 aromatic carbocycles. The van der Waals surface area contributed by atoms with Gasteiger partial charge in [-0.1, -0.05) is 26.0 Å². The Morgan fingerprint density at radius 1 is 1.19 bits per heavy atom. The molecule has 0 N–H and O–H groups in total. The Labute approximate surface area is 104 Å². The number of alkyl halides is 1. The maximum Gasteiger partial charge on any atom is 0.119 e. The third-order valence-electron chi connectivity index (χ3n) is 2.67. The average molecular weight is 241 g/mol. The van der Waals surface area contributed by atoms with Gasteiger partial charge in [0.05, 0.1) is 6.61 Å². The van der Waals surface area contributed by atoms with Gasteiger partial charge in [0, 0.05) is 5.38 Å². The van der Waals surface area contributed by atoms with E-state index in [4.69, 9.17) is 16.3 Å². The fraction of sp³-hybridized carbons (Fsp3) is 0.571. The van der Waals surface area contributed by atoms with E-state index < -0.39 is 0 Å². The minimum atomic E-state index is 0.270. The molecule has 2 heteroatoms. The van der Waals surface area contributed by atoms with Gasteiger partial charge in [-0.2, -0.15) is 0 Å². The zero-order chi connectivity index (χ0) is 12.0. The molecule has 0 radical (unpaired) electrons. The number of benzene rings is 1. The Hall–Kier alpha value is -0.690. The van der Waals surface area contributed by atoms with Crippen LogP contribution in [0.4, 0.5) is 0 Å². The van der Waals surface area contributed by atoms with Crippen molar-refractivity contribution in [3.63, 3.8) is 0 Å². The van der Waals surface area contributed by atoms with Gasteiger partial charge in [0.25, 0.3) is 0 Å². The summed E-state index contributed by atoms with van der Waals surface area (Å²) in [4.78, 5) is 0. The molecule has 0 aromatic heterocycles. The van der Waals surface area contributed by atoms with Crippen molar-refractivity contribution in [3.8, 4) is 5.75 Å². The summed E-state index contributed by atoms with van der Waals surface area (Å²) in [6, 6.07) is 8.29. The van der Waals surface area contributed by atoms with Crippen LogP contribution in [0.1, 0.15) is 32.8 Å². The molecule has 90 valence electrons. The second kappa shape index (κ2) is 6.80. The SMILES string of the molecule is CCOc1ccc(CCC(Cl)C(C)C)cc1. The van der Waals surface area contributed by atoms with Crippen LogP contribution < -0.4 is 4.74 Å². The number of hydrogen-bond acceptors (Lipinski definition) is 1. The number of ether oxygens (including phenoxy) is 1. The Morgan fingerprint density at radius 2 is 1.81 bits per heavy atom. The molecular weight excluding hydrogens is 220 g/mol. The number of rotatable bonds is 6. The molecular formula is C14H21ClO. The van der Waals surface area contributed by atoms with Gasteiger partial charge in [0.2, 0.25) is 0 Å². The number of hydrogen-bond donors (Lipinski definition) is 0. The minimum absolute atomic E-state index is 0.270. The molecule has 1 unspecified atom stereocenters. The maximum atomic E-state index is 6.22. The summed E-state index contributed by atoms with van der Waals surface area (Å²) in [6.07, 6.45) is 2.08. The van der Waals surface area contributed by atoms with E-state index >= 15 is 0 Å². The molecule has 0 aliphatic heterocycles. The van der Waals surface area contributed by atoms with Crippen LogP contribution in [0.25, 0.3) is 0 Å². The summed E-state index contributed by atoms with van der Waals surface area (Å²) in [7, 11) is 0. The van der Waals surface area contributed by atoms with Gasteiger partial charge in [-0.15, -0.1) is 11.6 Å². The van der Waals surface area contributed by atoms with E-state index in [9.17, 15) is 0 Å². The van der Waals surface area contributed by atoms with E-state index in [1.165, 1.54) is 5.56 Å². The fourth-order valence-electron chi connectivity index (χ4n) is 1.56. The van der Waals surface area contributed by atoms with Crippen molar-refractivity contribution in [1.82, 2.24) is 0 Å². The zero-order valence-electron chi connectivity index (χ0n) is 10.4. The van der Waals surface area contributed by atoms with E-state index in [0.29, 0.717) is 5.92 Å². The lowest BCUT2D eigenvalue weighted by atomic mass is 10.0. The maximum absolute atomic E-state index is 6.22. The van der Waals surface area contributed by atoms with Crippen LogP contribution in [-0.2, 0) is 6.42 Å². The van der Waals surface area contributed by atoms with Crippen LogP contribution in [0.15, 0.2) is 24.3 Å². The molecule has 16 heavy (non-hydrogen) atoms. The van der Waals surface area contributed by atoms with Crippen molar-refractivity contribution >= 4 is 11.6 Å². The number of aryl methyl sites for hydroxylation is 1. The van der Waals surface area contributed by atoms with Gasteiger partial charge in [0.1, 0.15) is 5.75 Å². The van der Waals surface area contributed by atoms with Gasteiger partial charge >= 0.3 is 0 Å². The predicted molar refractivity (Wildman–Crippen MR) is 70.4 cm³/mol. The second-order valence-electron chi connectivity index (χ2n) is 4.38. The minimum Gasteiger partial charge on any atom is -0.494 e. The molecule has 0 amide bonds. The van der Waals surface area contributed by atoms with Gasteiger partial charge in [-0.3, -0.25) is 0 Å². The topological polar surface area (TPSA) is 9.23 Å². The highest BCUT2D eigenvalue weighted by atomic mass is 35.5. The summed E-state index contributed by atoms with van der Waals surface area (Å²) in [5, 5.41) is 0.270. The van der Waals surface area contributed by atoms with E-state index in [2.05, 4.69) is 26.0 Å². The molecule has 0 fully saturated rings. The van der Waals surface area contributed by atoms with Crippen molar-refractivity contribution in [2.75, 3.05) is 6.61 Å². The van der Waals surface area contributed by atoms with Crippen LogP contribution in [0.5, 0.6) is 5.75 Å². The molecule has 0 spiro atoms. The Kier molecular flexibility index (Phi) is 5.68. The largest absolute Gasteiger partial charge is 0.494 e. The smallest absolute Gasteiger partial charge is 0.119 e. The van der Waals surface area contributed by atoms with E-state index in [1.54, 1.807) is 0 Å². The summed E-state index contributed by atoms with van der Waals surface area (Å²) < 4.78 is 5.40. The van der Waals surface area contributed by atoms with Crippen molar-refractivity contribution in [1.29, 1.82) is 0 Å². The Morgan fingerprint density at radius 3 is 2.31 bits per heavy atom. The molecule has 1 atom stereocenters. The highest BCUT2D eigenvalue weighted by Gasteiger charge is 2.09. The molecule has 0 saturated heterocycles. The van der Waals surface area contributed by atoms with Gasteiger partial charge in [-0.05, 0) is 43.4 Å². The normalized spacial score (nSPS) is 12.8.